The minimum absolute atomic E-state index is 0.225. The van der Waals surface area contributed by atoms with Crippen LogP contribution in [0.25, 0.3) is 0 Å². The maximum Gasteiger partial charge on any atom is 0.333 e. The van der Waals surface area contributed by atoms with Crippen molar-refractivity contribution in [3.05, 3.63) is 12.2 Å². The van der Waals surface area contributed by atoms with Crippen molar-refractivity contribution in [1.29, 1.82) is 0 Å². The Morgan fingerprint density at radius 3 is 2.62 bits per heavy atom. The smallest absolute Gasteiger partial charge is 0.333 e. The van der Waals surface area contributed by atoms with E-state index < -0.39 is 0 Å². The van der Waals surface area contributed by atoms with Crippen LogP contribution in [0.5, 0.6) is 0 Å². The fourth-order valence-electron chi connectivity index (χ4n) is 1.16. The van der Waals surface area contributed by atoms with E-state index in [4.69, 9.17) is 0 Å². The van der Waals surface area contributed by atoms with Gasteiger partial charge in [0.15, 0.2) is 0 Å². The fourth-order valence-corrected chi connectivity index (χ4v) is 1.16. The zero-order valence-corrected chi connectivity index (χ0v) is 10.2. The van der Waals surface area contributed by atoms with Crippen LogP contribution in [0.4, 0.5) is 0 Å². The maximum absolute atomic E-state index is 10.6. The number of carbonyl (C=O) groups excluding carboxylic acids is 2. The van der Waals surface area contributed by atoms with Gasteiger partial charge in [0.2, 0.25) is 5.91 Å². The molecule has 1 N–H and O–H groups in total. The van der Waals surface area contributed by atoms with Gasteiger partial charge in [-0.25, -0.2) is 4.79 Å². The van der Waals surface area contributed by atoms with Crippen molar-refractivity contribution in [3.8, 4) is 0 Å². The number of rotatable bonds is 2. The van der Waals surface area contributed by atoms with Crippen LogP contribution in [0.15, 0.2) is 12.2 Å². The first-order valence-corrected chi connectivity index (χ1v) is 5.67. The van der Waals surface area contributed by atoms with E-state index in [1.807, 2.05) is 0 Å². The van der Waals surface area contributed by atoms with Gasteiger partial charge in [0.1, 0.15) is 0 Å². The first kappa shape index (κ1) is 14.7. The Morgan fingerprint density at radius 2 is 2.12 bits per heavy atom. The summed E-state index contributed by atoms with van der Waals surface area (Å²) in [5.74, 6) is -0.0880. The third kappa shape index (κ3) is 8.03. The standard InChI is InChI=1S/C6H11NO.C6H10O2/c8-6-4-2-1-3-5-7-6;1-4-8-6(7)5(2)3/h1-5H2,(H,7,8);2,4H2,1,3H3. The molecule has 1 heterocycles. The quantitative estimate of drug-likeness (QED) is 0.578. The molecule has 0 aliphatic carbocycles. The molecule has 1 fully saturated rings. The zero-order valence-electron chi connectivity index (χ0n) is 10.2. The van der Waals surface area contributed by atoms with Crippen molar-refractivity contribution < 1.29 is 14.3 Å². The van der Waals surface area contributed by atoms with E-state index in [-0.39, 0.29) is 11.9 Å². The molecular weight excluding hydrogens is 206 g/mol. The Bertz CT molecular complexity index is 239. The molecule has 0 aromatic rings. The molecule has 1 rings (SSSR count). The molecule has 0 aromatic heterocycles. The Kier molecular flexibility index (Phi) is 8.21. The predicted octanol–water partition coefficient (Wildman–Crippen LogP) is 1.80. The molecule has 0 spiro atoms. The van der Waals surface area contributed by atoms with Crippen molar-refractivity contribution in [3.63, 3.8) is 0 Å². The first-order chi connectivity index (χ1) is 7.57. The minimum Gasteiger partial charge on any atom is -0.463 e. The van der Waals surface area contributed by atoms with Crippen LogP contribution >= 0.6 is 0 Å². The van der Waals surface area contributed by atoms with Crippen LogP contribution in [0, 0.1) is 0 Å². The second kappa shape index (κ2) is 8.95. The van der Waals surface area contributed by atoms with Gasteiger partial charge in [-0.3, -0.25) is 4.79 Å². The van der Waals surface area contributed by atoms with Crippen molar-refractivity contribution in [2.75, 3.05) is 13.2 Å². The van der Waals surface area contributed by atoms with Gasteiger partial charge in [-0.05, 0) is 26.7 Å². The van der Waals surface area contributed by atoms with E-state index in [9.17, 15) is 9.59 Å². The van der Waals surface area contributed by atoms with E-state index in [0.717, 1.165) is 25.8 Å². The normalized spacial score (nSPS) is 15.0. The molecule has 0 saturated carbocycles. The Labute approximate surface area is 97.1 Å². The van der Waals surface area contributed by atoms with Gasteiger partial charge in [-0.15, -0.1) is 0 Å². The van der Waals surface area contributed by atoms with E-state index >= 15 is 0 Å². The van der Waals surface area contributed by atoms with E-state index in [2.05, 4.69) is 16.6 Å². The summed E-state index contributed by atoms with van der Waals surface area (Å²) in [4.78, 5) is 21.0. The Morgan fingerprint density at radius 1 is 1.44 bits per heavy atom. The first-order valence-electron chi connectivity index (χ1n) is 5.67. The number of ether oxygens (including phenoxy) is 1. The van der Waals surface area contributed by atoms with Gasteiger partial charge in [0.05, 0.1) is 6.61 Å². The highest BCUT2D eigenvalue weighted by molar-refractivity contribution is 5.86. The summed E-state index contributed by atoms with van der Waals surface area (Å²) in [7, 11) is 0. The molecular formula is C12H21NO3. The number of hydrogen-bond donors (Lipinski definition) is 1. The number of hydrogen-bond acceptors (Lipinski definition) is 3. The van der Waals surface area contributed by atoms with Gasteiger partial charge < -0.3 is 10.1 Å². The van der Waals surface area contributed by atoms with Crippen LogP contribution in [0.2, 0.25) is 0 Å². The SMILES string of the molecule is C=C(C)C(=O)OCC.O=C1CCCCCN1. The molecule has 92 valence electrons. The van der Waals surface area contributed by atoms with Crippen molar-refractivity contribution in [1.82, 2.24) is 5.32 Å². The molecule has 0 atom stereocenters. The Hall–Kier alpha value is -1.32. The lowest BCUT2D eigenvalue weighted by atomic mass is 10.2. The van der Waals surface area contributed by atoms with E-state index in [1.165, 1.54) is 6.42 Å². The fraction of sp³-hybridized carbons (Fsp3) is 0.667. The Balaban J connectivity index is 0.000000281. The molecule has 0 bridgehead atoms. The monoisotopic (exact) mass is 227 g/mol. The van der Waals surface area contributed by atoms with Crippen LogP contribution in [0.1, 0.15) is 39.5 Å². The molecule has 16 heavy (non-hydrogen) atoms. The average Bonchev–Trinajstić information content (AvgIpc) is 2.47. The summed E-state index contributed by atoms with van der Waals surface area (Å²) in [6.07, 6.45) is 4.18. The summed E-state index contributed by atoms with van der Waals surface area (Å²) < 4.78 is 4.56. The van der Waals surface area contributed by atoms with Gasteiger partial charge in [-0.1, -0.05) is 13.0 Å². The third-order valence-corrected chi connectivity index (χ3v) is 2.03. The highest BCUT2D eigenvalue weighted by atomic mass is 16.5. The van der Waals surface area contributed by atoms with Gasteiger partial charge in [0, 0.05) is 18.5 Å². The maximum atomic E-state index is 10.6. The number of amides is 1. The van der Waals surface area contributed by atoms with Crippen molar-refractivity contribution >= 4 is 11.9 Å². The average molecular weight is 227 g/mol. The molecule has 1 amide bonds. The van der Waals surface area contributed by atoms with E-state index in [1.54, 1.807) is 13.8 Å². The van der Waals surface area contributed by atoms with E-state index in [0.29, 0.717) is 12.2 Å². The summed E-state index contributed by atoms with van der Waals surface area (Å²) in [5.41, 5.74) is 0.451. The molecule has 1 saturated heterocycles. The molecule has 0 unspecified atom stereocenters. The van der Waals surface area contributed by atoms with Crippen molar-refractivity contribution in [2.45, 2.75) is 39.5 Å². The largest absolute Gasteiger partial charge is 0.463 e. The summed E-state index contributed by atoms with van der Waals surface area (Å²) in [5, 5.41) is 2.81. The highest BCUT2D eigenvalue weighted by Gasteiger charge is 2.03. The van der Waals surface area contributed by atoms with Crippen LogP contribution in [0.3, 0.4) is 0 Å². The third-order valence-electron chi connectivity index (χ3n) is 2.03. The van der Waals surface area contributed by atoms with Crippen LogP contribution in [-0.4, -0.2) is 25.0 Å². The minimum atomic E-state index is -0.312. The lowest BCUT2D eigenvalue weighted by Crippen LogP contribution is -2.21. The number of esters is 1. The molecule has 0 radical (unpaired) electrons. The van der Waals surface area contributed by atoms with Gasteiger partial charge in [-0.2, -0.15) is 0 Å². The zero-order chi connectivity index (χ0) is 12.4. The molecule has 0 aromatic carbocycles. The van der Waals surface area contributed by atoms with Gasteiger partial charge in [0.25, 0.3) is 0 Å². The predicted molar refractivity (Wildman–Crippen MR) is 62.9 cm³/mol. The summed E-state index contributed by atoms with van der Waals surface area (Å²) >= 11 is 0. The molecule has 4 nitrogen and oxygen atoms in total. The van der Waals surface area contributed by atoms with Crippen LogP contribution in [-0.2, 0) is 14.3 Å². The summed E-state index contributed by atoms with van der Waals surface area (Å²) in [6, 6.07) is 0. The second-order valence-corrected chi connectivity index (χ2v) is 3.66. The molecule has 4 heteroatoms. The number of carbonyl (C=O) groups is 2. The van der Waals surface area contributed by atoms with Crippen LogP contribution < -0.4 is 5.32 Å². The molecule has 1 aliphatic heterocycles. The lowest BCUT2D eigenvalue weighted by Gasteiger charge is -1.96. The van der Waals surface area contributed by atoms with Crippen molar-refractivity contribution in [2.24, 2.45) is 0 Å². The summed E-state index contributed by atoms with van der Waals surface area (Å²) in [6.45, 7) is 8.10. The second-order valence-electron chi connectivity index (χ2n) is 3.66. The molecule has 1 aliphatic rings. The van der Waals surface area contributed by atoms with Gasteiger partial charge >= 0.3 is 5.97 Å². The number of nitrogens with one attached hydrogen (secondary N) is 1. The lowest BCUT2D eigenvalue weighted by molar-refractivity contribution is -0.138. The topological polar surface area (TPSA) is 55.4 Å². The highest BCUT2D eigenvalue weighted by Crippen LogP contribution is 2.02.